The maximum absolute atomic E-state index is 12.9. The van der Waals surface area contributed by atoms with E-state index in [2.05, 4.69) is 5.32 Å². The molecule has 0 atom stereocenters. The summed E-state index contributed by atoms with van der Waals surface area (Å²) < 4.78 is 2.30. The molecule has 0 aliphatic heterocycles. The number of carbonyl (C=O) groups excluding carboxylic acids is 1. The van der Waals surface area contributed by atoms with Crippen LogP contribution in [0, 0.1) is 18.3 Å². The van der Waals surface area contributed by atoms with Crippen LogP contribution in [0.5, 0.6) is 0 Å². The largest absolute Gasteiger partial charge is 0.378 e. The normalized spacial score (nSPS) is 12.3. The fourth-order valence-electron chi connectivity index (χ4n) is 3.04. The van der Waals surface area contributed by atoms with Crippen LogP contribution in [-0.4, -0.2) is 24.6 Å². The molecule has 0 aliphatic rings. The van der Waals surface area contributed by atoms with E-state index in [1.807, 2.05) is 75.3 Å². The third-order valence-electron chi connectivity index (χ3n) is 4.79. The third-order valence-corrected chi connectivity index (χ3v) is 5.92. The van der Waals surface area contributed by atoms with Gasteiger partial charge in [0, 0.05) is 32.0 Å². The fraction of sp³-hybridized carbons (Fsp3) is 0.208. The van der Waals surface area contributed by atoms with Gasteiger partial charge in [0.15, 0.2) is 5.57 Å². The summed E-state index contributed by atoms with van der Waals surface area (Å²) in [4.78, 5) is 27.7. The van der Waals surface area contributed by atoms with Gasteiger partial charge in [0.2, 0.25) is 0 Å². The Kier molecular flexibility index (Phi) is 6.73. The van der Waals surface area contributed by atoms with Crippen LogP contribution in [0.15, 0.2) is 53.3 Å². The van der Waals surface area contributed by atoms with E-state index in [1.54, 1.807) is 18.2 Å². The quantitative estimate of drug-likeness (QED) is 0.672. The third kappa shape index (κ3) is 4.93. The molecule has 0 saturated carbocycles. The summed E-state index contributed by atoms with van der Waals surface area (Å²) >= 11 is 1.15. The molecule has 0 saturated heterocycles. The van der Waals surface area contributed by atoms with Crippen LogP contribution in [0.4, 0.5) is 11.4 Å². The van der Waals surface area contributed by atoms with Gasteiger partial charge in [-0.1, -0.05) is 29.8 Å². The number of nitrogens with one attached hydrogen (secondary N) is 1. The molecule has 0 unspecified atom stereocenters. The second-order valence-corrected chi connectivity index (χ2v) is 8.29. The Morgan fingerprint density at radius 3 is 2.35 bits per heavy atom. The van der Waals surface area contributed by atoms with E-state index >= 15 is 0 Å². The van der Waals surface area contributed by atoms with Crippen LogP contribution in [0.2, 0.25) is 0 Å². The molecule has 1 heterocycles. The highest BCUT2D eigenvalue weighted by Crippen LogP contribution is 2.13. The van der Waals surface area contributed by atoms with Gasteiger partial charge in [-0.15, -0.1) is 11.3 Å². The second kappa shape index (κ2) is 9.45. The average Bonchev–Trinajstić information content (AvgIpc) is 3.05. The Morgan fingerprint density at radius 2 is 1.81 bits per heavy atom. The Balaban J connectivity index is 2.08. The summed E-state index contributed by atoms with van der Waals surface area (Å²) in [7, 11) is 3.93. The topological polar surface area (TPSA) is 78.1 Å². The van der Waals surface area contributed by atoms with Crippen LogP contribution >= 0.6 is 11.3 Å². The van der Waals surface area contributed by atoms with E-state index in [9.17, 15) is 14.9 Å². The molecule has 0 fully saturated rings. The van der Waals surface area contributed by atoms with Crippen molar-refractivity contribution < 1.29 is 4.79 Å². The Hall–Kier alpha value is -3.63. The Labute approximate surface area is 185 Å². The first-order chi connectivity index (χ1) is 14.8. The van der Waals surface area contributed by atoms with Gasteiger partial charge < -0.3 is 10.2 Å². The molecule has 6 nitrogen and oxygen atoms in total. The van der Waals surface area contributed by atoms with Gasteiger partial charge in [-0.2, -0.15) is 5.26 Å². The first kappa shape index (κ1) is 22.1. The Bertz CT molecular complexity index is 1310. The summed E-state index contributed by atoms with van der Waals surface area (Å²) in [5.41, 5.74) is 3.31. The highest BCUT2D eigenvalue weighted by atomic mass is 32.1. The zero-order valence-electron chi connectivity index (χ0n) is 18.0. The lowest BCUT2D eigenvalue weighted by Crippen LogP contribution is -2.33. The summed E-state index contributed by atoms with van der Waals surface area (Å²) in [6.07, 6.45) is 1.79. The molecule has 0 spiro atoms. The number of hydrogen-bond donors (Lipinski definition) is 1. The lowest BCUT2D eigenvalue weighted by Gasteiger charge is -2.11. The van der Waals surface area contributed by atoms with Crippen molar-refractivity contribution in [3.8, 4) is 6.07 Å². The summed E-state index contributed by atoms with van der Waals surface area (Å²) in [5.74, 6) is -0.531. The zero-order valence-corrected chi connectivity index (χ0v) is 18.8. The molecule has 3 aromatic rings. The SMILES string of the molecule is CCn1c(=C(C#N)C(=O)Nc2ccc(C)cc2)sc(=Cc2ccc(N(C)C)cc2)c1=O. The molecule has 0 radical (unpaired) electrons. The van der Waals surface area contributed by atoms with E-state index in [-0.39, 0.29) is 11.1 Å². The lowest BCUT2D eigenvalue weighted by atomic mass is 10.2. The van der Waals surface area contributed by atoms with Crippen molar-refractivity contribution in [1.82, 2.24) is 4.57 Å². The van der Waals surface area contributed by atoms with Gasteiger partial charge in [-0.3, -0.25) is 14.2 Å². The summed E-state index contributed by atoms with van der Waals surface area (Å²) in [6, 6.07) is 17.1. The van der Waals surface area contributed by atoms with Crippen molar-refractivity contribution in [2.24, 2.45) is 0 Å². The molecule has 158 valence electrons. The fourth-order valence-corrected chi connectivity index (χ4v) is 4.20. The van der Waals surface area contributed by atoms with Crippen LogP contribution in [0.1, 0.15) is 18.1 Å². The van der Waals surface area contributed by atoms with E-state index in [1.165, 1.54) is 4.57 Å². The van der Waals surface area contributed by atoms with E-state index in [0.717, 1.165) is 28.2 Å². The molecule has 1 N–H and O–H groups in total. The van der Waals surface area contributed by atoms with Crippen LogP contribution in [0.3, 0.4) is 0 Å². The van der Waals surface area contributed by atoms with Gasteiger partial charge in [-0.25, -0.2) is 0 Å². The lowest BCUT2D eigenvalue weighted by molar-refractivity contribution is -0.111. The minimum absolute atomic E-state index is 0.0767. The summed E-state index contributed by atoms with van der Waals surface area (Å²) in [6.45, 7) is 4.14. The molecule has 0 bridgehead atoms. The van der Waals surface area contributed by atoms with E-state index in [0.29, 0.717) is 21.4 Å². The highest BCUT2D eigenvalue weighted by Gasteiger charge is 2.15. The molecule has 1 aromatic heterocycles. The number of rotatable bonds is 5. The first-order valence-corrected chi connectivity index (χ1v) is 10.7. The molecule has 7 heteroatoms. The van der Waals surface area contributed by atoms with E-state index in [4.69, 9.17) is 0 Å². The molecular weight excluding hydrogens is 408 g/mol. The second-order valence-electron chi connectivity index (χ2n) is 7.26. The predicted octanol–water partition coefficient (Wildman–Crippen LogP) is 2.45. The monoisotopic (exact) mass is 432 g/mol. The van der Waals surface area contributed by atoms with Crippen LogP contribution < -0.4 is 25.0 Å². The van der Waals surface area contributed by atoms with Crippen molar-refractivity contribution in [1.29, 1.82) is 5.26 Å². The molecule has 3 rings (SSSR count). The van der Waals surface area contributed by atoms with Crippen molar-refractivity contribution in [2.75, 3.05) is 24.3 Å². The number of amides is 1. The molecule has 1 amide bonds. The number of carbonyl (C=O) groups is 1. The molecular formula is C24H24N4O2S. The first-order valence-electron chi connectivity index (χ1n) is 9.85. The Morgan fingerprint density at radius 1 is 1.16 bits per heavy atom. The number of hydrogen-bond acceptors (Lipinski definition) is 5. The number of thiazole rings is 1. The average molecular weight is 433 g/mol. The number of aromatic nitrogens is 1. The van der Waals surface area contributed by atoms with Crippen LogP contribution in [-0.2, 0) is 11.3 Å². The number of anilines is 2. The standard InChI is InChI=1S/C24H24N4O2S/c1-5-28-23(30)21(14-17-8-12-19(13-9-17)27(3)4)31-24(28)20(15-25)22(29)26-18-10-6-16(2)7-11-18/h6-14H,5H2,1-4H3,(H,26,29). The van der Waals surface area contributed by atoms with Crippen molar-refractivity contribution in [3.63, 3.8) is 0 Å². The molecule has 2 aromatic carbocycles. The number of nitriles is 1. The van der Waals surface area contributed by atoms with Crippen molar-refractivity contribution in [3.05, 3.63) is 79.2 Å². The maximum atomic E-state index is 12.9. The van der Waals surface area contributed by atoms with Crippen molar-refractivity contribution in [2.45, 2.75) is 20.4 Å². The van der Waals surface area contributed by atoms with E-state index < -0.39 is 5.91 Å². The summed E-state index contributed by atoms with van der Waals surface area (Å²) in [5, 5.41) is 12.4. The predicted molar refractivity (Wildman–Crippen MR) is 127 cm³/mol. The minimum atomic E-state index is -0.531. The highest BCUT2D eigenvalue weighted by molar-refractivity contribution is 7.07. The number of benzene rings is 2. The van der Waals surface area contributed by atoms with Crippen LogP contribution in [0.25, 0.3) is 11.6 Å². The minimum Gasteiger partial charge on any atom is -0.378 e. The van der Waals surface area contributed by atoms with Gasteiger partial charge in [0.25, 0.3) is 11.5 Å². The van der Waals surface area contributed by atoms with Gasteiger partial charge in [-0.05, 0) is 49.8 Å². The van der Waals surface area contributed by atoms with Gasteiger partial charge >= 0.3 is 0 Å². The smallest absolute Gasteiger partial charge is 0.269 e. The molecule has 31 heavy (non-hydrogen) atoms. The number of nitrogens with zero attached hydrogens (tertiary/aromatic N) is 3. The van der Waals surface area contributed by atoms with Gasteiger partial charge in [0.1, 0.15) is 10.7 Å². The van der Waals surface area contributed by atoms with Gasteiger partial charge in [0.05, 0.1) is 4.53 Å². The zero-order chi connectivity index (χ0) is 22.5. The number of aryl methyl sites for hydroxylation is 1. The van der Waals surface area contributed by atoms with Crippen molar-refractivity contribution >= 4 is 40.3 Å². The molecule has 0 aliphatic carbocycles. The maximum Gasteiger partial charge on any atom is 0.269 e.